The average Bonchev–Trinajstić information content (AvgIpc) is 3.09. The molecule has 19 heavy (non-hydrogen) atoms. The average molecular weight is 325 g/mol. The quantitative estimate of drug-likeness (QED) is 0.866. The highest BCUT2D eigenvalue weighted by Crippen LogP contribution is 2.33. The Labute approximate surface area is 119 Å². The van der Waals surface area contributed by atoms with Crippen LogP contribution in [0, 0.1) is 0 Å². The molecule has 0 aliphatic carbocycles. The summed E-state index contributed by atoms with van der Waals surface area (Å²) in [5.41, 5.74) is 0.796. The fourth-order valence-corrected chi connectivity index (χ4v) is 2.46. The molecule has 0 spiro atoms. The SMILES string of the molecule is COc1ccc(Br)cc1-c1noc(C2CCCO2)n1. The Morgan fingerprint density at radius 1 is 1.42 bits per heavy atom. The third-order valence-corrected chi connectivity index (χ3v) is 3.54. The molecule has 2 aromatic rings. The van der Waals surface area contributed by atoms with E-state index in [0.717, 1.165) is 29.5 Å². The summed E-state index contributed by atoms with van der Waals surface area (Å²) < 4.78 is 17.1. The molecule has 100 valence electrons. The molecule has 3 rings (SSSR count). The van der Waals surface area contributed by atoms with E-state index in [-0.39, 0.29) is 6.10 Å². The first kappa shape index (κ1) is 12.6. The summed E-state index contributed by atoms with van der Waals surface area (Å²) in [5, 5.41) is 4.01. The van der Waals surface area contributed by atoms with Crippen molar-refractivity contribution in [1.82, 2.24) is 10.1 Å². The Morgan fingerprint density at radius 3 is 3.05 bits per heavy atom. The third-order valence-electron chi connectivity index (χ3n) is 3.05. The molecule has 0 bridgehead atoms. The van der Waals surface area contributed by atoms with Crippen LogP contribution < -0.4 is 4.74 Å². The number of hydrogen-bond acceptors (Lipinski definition) is 5. The lowest BCUT2D eigenvalue weighted by molar-refractivity contribution is 0.0835. The number of rotatable bonds is 3. The van der Waals surface area contributed by atoms with Crippen molar-refractivity contribution >= 4 is 15.9 Å². The number of aromatic nitrogens is 2. The van der Waals surface area contributed by atoms with Crippen molar-refractivity contribution in [3.8, 4) is 17.1 Å². The van der Waals surface area contributed by atoms with Gasteiger partial charge in [0.05, 0.1) is 12.7 Å². The van der Waals surface area contributed by atoms with Crippen molar-refractivity contribution in [3.63, 3.8) is 0 Å². The predicted octanol–water partition coefficient (Wildman–Crippen LogP) is 3.36. The molecule has 1 unspecified atom stereocenters. The van der Waals surface area contributed by atoms with E-state index in [2.05, 4.69) is 26.1 Å². The number of benzene rings is 1. The van der Waals surface area contributed by atoms with Crippen LogP contribution in [0.2, 0.25) is 0 Å². The van der Waals surface area contributed by atoms with Gasteiger partial charge in [0.2, 0.25) is 5.82 Å². The standard InChI is InChI=1S/C13H13BrN2O3/c1-17-10-5-4-8(14)7-9(10)12-15-13(19-16-12)11-3-2-6-18-11/h4-5,7,11H,2-3,6H2,1H3. The van der Waals surface area contributed by atoms with E-state index in [1.54, 1.807) is 7.11 Å². The summed E-state index contributed by atoms with van der Waals surface area (Å²) in [7, 11) is 1.62. The van der Waals surface area contributed by atoms with Crippen molar-refractivity contribution in [2.45, 2.75) is 18.9 Å². The molecule has 1 aromatic carbocycles. The normalized spacial score (nSPS) is 18.7. The van der Waals surface area contributed by atoms with Crippen LogP contribution in [0.1, 0.15) is 24.8 Å². The van der Waals surface area contributed by atoms with Gasteiger partial charge in [-0.3, -0.25) is 0 Å². The number of hydrogen-bond donors (Lipinski definition) is 0. The minimum atomic E-state index is -0.0700. The molecular formula is C13H13BrN2O3. The van der Waals surface area contributed by atoms with Gasteiger partial charge in [-0.05, 0) is 31.0 Å². The second-order valence-electron chi connectivity index (χ2n) is 4.30. The Bertz CT molecular complexity index is 579. The Morgan fingerprint density at radius 2 is 2.32 bits per heavy atom. The van der Waals surface area contributed by atoms with Gasteiger partial charge in [-0.2, -0.15) is 4.98 Å². The van der Waals surface area contributed by atoms with E-state index in [1.165, 1.54) is 0 Å². The minimum Gasteiger partial charge on any atom is -0.496 e. The maximum Gasteiger partial charge on any atom is 0.256 e. The molecule has 2 heterocycles. The second-order valence-corrected chi connectivity index (χ2v) is 5.22. The van der Waals surface area contributed by atoms with Crippen molar-refractivity contribution in [2.75, 3.05) is 13.7 Å². The van der Waals surface area contributed by atoms with E-state index in [1.807, 2.05) is 18.2 Å². The molecule has 1 atom stereocenters. The van der Waals surface area contributed by atoms with Crippen LogP contribution in [-0.4, -0.2) is 23.9 Å². The zero-order valence-corrected chi connectivity index (χ0v) is 12.0. The van der Waals surface area contributed by atoms with Crippen LogP contribution >= 0.6 is 15.9 Å². The largest absolute Gasteiger partial charge is 0.496 e. The summed E-state index contributed by atoms with van der Waals surface area (Å²) in [4.78, 5) is 4.41. The fourth-order valence-electron chi connectivity index (χ4n) is 2.10. The summed E-state index contributed by atoms with van der Waals surface area (Å²) in [6, 6.07) is 5.67. The lowest BCUT2D eigenvalue weighted by atomic mass is 10.2. The predicted molar refractivity (Wildman–Crippen MR) is 71.9 cm³/mol. The smallest absolute Gasteiger partial charge is 0.256 e. The van der Waals surface area contributed by atoms with Gasteiger partial charge in [-0.25, -0.2) is 0 Å². The van der Waals surface area contributed by atoms with Crippen LogP contribution in [-0.2, 0) is 4.74 Å². The van der Waals surface area contributed by atoms with Gasteiger partial charge >= 0.3 is 0 Å². The third kappa shape index (κ3) is 2.50. The topological polar surface area (TPSA) is 57.4 Å². The zero-order chi connectivity index (χ0) is 13.2. The molecule has 5 nitrogen and oxygen atoms in total. The molecule has 1 aromatic heterocycles. The molecule has 6 heteroatoms. The zero-order valence-electron chi connectivity index (χ0n) is 10.4. The minimum absolute atomic E-state index is 0.0700. The number of nitrogens with zero attached hydrogens (tertiary/aromatic N) is 2. The van der Waals surface area contributed by atoms with E-state index in [9.17, 15) is 0 Å². The highest BCUT2D eigenvalue weighted by molar-refractivity contribution is 9.10. The van der Waals surface area contributed by atoms with Gasteiger partial charge in [0.1, 0.15) is 11.9 Å². The molecule has 1 aliphatic heterocycles. The number of methoxy groups -OCH3 is 1. The van der Waals surface area contributed by atoms with Crippen LogP contribution in [0.4, 0.5) is 0 Å². The summed E-state index contributed by atoms with van der Waals surface area (Å²) in [6.07, 6.45) is 1.89. The van der Waals surface area contributed by atoms with E-state index in [0.29, 0.717) is 17.5 Å². The van der Waals surface area contributed by atoms with Crippen molar-refractivity contribution < 1.29 is 14.0 Å². The van der Waals surface area contributed by atoms with E-state index >= 15 is 0 Å². The second kappa shape index (κ2) is 5.30. The molecule has 0 radical (unpaired) electrons. The van der Waals surface area contributed by atoms with Gasteiger partial charge < -0.3 is 14.0 Å². The summed E-state index contributed by atoms with van der Waals surface area (Å²) in [5.74, 6) is 1.76. The molecule has 0 saturated carbocycles. The molecule has 0 amide bonds. The fraction of sp³-hybridized carbons (Fsp3) is 0.385. The van der Waals surface area contributed by atoms with Crippen LogP contribution in [0.25, 0.3) is 11.4 Å². The maximum absolute atomic E-state index is 5.53. The highest BCUT2D eigenvalue weighted by Gasteiger charge is 2.24. The van der Waals surface area contributed by atoms with Crippen molar-refractivity contribution in [2.24, 2.45) is 0 Å². The summed E-state index contributed by atoms with van der Waals surface area (Å²) in [6.45, 7) is 0.753. The molecule has 1 fully saturated rings. The van der Waals surface area contributed by atoms with Crippen molar-refractivity contribution in [1.29, 1.82) is 0 Å². The Kier molecular flexibility index (Phi) is 3.52. The van der Waals surface area contributed by atoms with E-state index < -0.39 is 0 Å². The molecular weight excluding hydrogens is 312 g/mol. The van der Waals surface area contributed by atoms with Gasteiger partial charge in [0, 0.05) is 11.1 Å². The lowest BCUT2D eigenvalue weighted by Gasteiger charge is -2.05. The molecule has 1 saturated heterocycles. The lowest BCUT2D eigenvalue weighted by Crippen LogP contribution is -1.96. The monoisotopic (exact) mass is 324 g/mol. The molecule has 1 aliphatic rings. The first-order chi connectivity index (χ1) is 9.28. The highest BCUT2D eigenvalue weighted by atomic mass is 79.9. The van der Waals surface area contributed by atoms with Gasteiger partial charge in [0.25, 0.3) is 5.89 Å². The van der Waals surface area contributed by atoms with Crippen LogP contribution in [0.5, 0.6) is 5.75 Å². The first-order valence-electron chi connectivity index (χ1n) is 6.07. The number of halogens is 1. The maximum atomic E-state index is 5.53. The Hall–Kier alpha value is -1.40. The van der Waals surface area contributed by atoms with Crippen molar-refractivity contribution in [3.05, 3.63) is 28.6 Å². The first-order valence-corrected chi connectivity index (χ1v) is 6.86. The van der Waals surface area contributed by atoms with Gasteiger partial charge in [-0.1, -0.05) is 21.1 Å². The Balaban J connectivity index is 1.95. The van der Waals surface area contributed by atoms with E-state index in [4.69, 9.17) is 14.0 Å². The van der Waals surface area contributed by atoms with Gasteiger partial charge in [-0.15, -0.1) is 0 Å². The van der Waals surface area contributed by atoms with Crippen LogP contribution in [0.15, 0.2) is 27.2 Å². The molecule has 0 N–H and O–H groups in total. The summed E-state index contributed by atoms with van der Waals surface area (Å²) >= 11 is 3.43. The van der Waals surface area contributed by atoms with Crippen LogP contribution in [0.3, 0.4) is 0 Å². The number of ether oxygens (including phenoxy) is 2. The van der Waals surface area contributed by atoms with Gasteiger partial charge in [0.15, 0.2) is 0 Å².